The fourth-order valence-electron chi connectivity index (χ4n) is 3.15. The van der Waals surface area contributed by atoms with Crippen LogP contribution in [0, 0.1) is 11.8 Å². The third-order valence-corrected chi connectivity index (χ3v) is 3.94. The number of hydrogen-bond acceptors (Lipinski definition) is 2. The second kappa shape index (κ2) is 2.24. The van der Waals surface area contributed by atoms with Crippen molar-refractivity contribution >= 4 is 5.78 Å². The first-order chi connectivity index (χ1) is 6.27. The van der Waals surface area contributed by atoms with Crippen molar-refractivity contribution in [2.24, 2.45) is 11.8 Å². The zero-order valence-electron chi connectivity index (χ0n) is 7.82. The van der Waals surface area contributed by atoms with Crippen molar-refractivity contribution in [1.29, 1.82) is 0 Å². The Balaban J connectivity index is 2.08. The second-order valence-electron chi connectivity index (χ2n) is 4.39. The largest absolute Gasteiger partial charge is 0.362 e. The maximum Gasteiger partial charge on any atom is 0.145 e. The molecule has 3 rings (SSSR count). The molecule has 0 spiro atoms. The maximum atomic E-state index is 11.9. The summed E-state index contributed by atoms with van der Waals surface area (Å²) in [7, 11) is 0. The first-order valence-corrected chi connectivity index (χ1v) is 5.18. The average molecular weight is 178 g/mol. The predicted octanol–water partition coefficient (Wildman–Crippen LogP) is 1.70. The molecular weight excluding hydrogens is 164 g/mol. The molecule has 0 radical (unpaired) electrons. The molecule has 2 fully saturated rings. The number of Topliss-reactive ketones (excluding diaryl/α,β-unsaturated/α-hetero) is 1. The highest BCUT2D eigenvalue weighted by molar-refractivity contribution is 5.89. The number of hydrogen-bond donors (Lipinski definition) is 0. The van der Waals surface area contributed by atoms with Crippen molar-refractivity contribution in [2.75, 3.05) is 0 Å². The molecule has 1 saturated heterocycles. The van der Waals surface area contributed by atoms with Gasteiger partial charge in [-0.3, -0.25) is 4.79 Å². The van der Waals surface area contributed by atoms with Crippen LogP contribution in [-0.2, 0) is 9.53 Å². The summed E-state index contributed by atoms with van der Waals surface area (Å²) in [6, 6.07) is 0. The molecule has 0 aromatic heterocycles. The summed E-state index contributed by atoms with van der Waals surface area (Å²) in [6.45, 7) is 2.11. The first-order valence-electron chi connectivity index (χ1n) is 5.18. The van der Waals surface area contributed by atoms with Gasteiger partial charge in [-0.2, -0.15) is 0 Å². The third-order valence-electron chi connectivity index (χ3n) is 3.94. The van der Waals surface area contributed by atoms with Gasteiger partial charge in [0.15, 0.2) is 0 Å². The van der Waals surface area contributed by atoms with Gasteiger partial charge in [-0.05, 0) is 19.3 Å². The summed E-state index contributed by atoms with van der Waals surface area (Å²) in [5.74, 6) is 0.809. The zero-order chi connectivity index (χ0) is 9.05. The number of fused-ring (bicyclic) bond motifs is 6. The Morgan fingerprint density at radius 1 is 1.62 bits per heavy atom. The number of ether oxygens (including phenoxy) is 1. The maximum absolute atomic E-state index is 11.9. The Bertz CT molecular complexity index is 294. The van der Waals surface area contributed by atoms with E-state index in [1.54, 1.807) is 0 Å². The van der Waals surface area contributed by atoms with Crippen LogP contribution in [0.15, 0.2) is 12.2 Å². The molecule has 4 bridgehead atoms. The second-order valence-corrected chi connectivity index (χ2v) is 4.39. The lowest BCUT2D eigenvalue weighted by Gasteiger charge is -2.37. The van der Waals surface area contributed by atoms with Gasteiger partial charge in [-0.25, -0.2) is 0 Å². The van der Waals surface area contributed by atoms with Gasteiger partial charge < -0.3 is 4.74 Å². The molecule has 0 N–H and O–H groups in total. The number of rotatable bonds is 1. The Morgan fingerprint density at radius 3 is 3.23 bits per heavy atom. The highest BCUT2D eigenvalue weighted by Gasteiger charge is 2.57. The quantitative estimate of drug-likeness (QED) is 0.571. The van der Waals surface area contributed by atoms with E-state index < -0.39 is 0 Å². The van der Waals surface area contributed by atoms with Crippen LogP contribution in [0.2, 0.25) is 0 Å². The van der Waals surface area contributed by atoms with Gasteiger partial charge in [-0.15, -0.1) is 0 Å². The van der Waals surface area contributed by atoms with Gasteiger partial charge in [-0.1, -0.05) is 19.1 Å². The number of carbonyl (C=O) groups excluding carboxylic acids is 1. The van der Waals surface area contributed by atoms with Crippen LogP contribution in [0.5, 0.6) is 0 Å². The lowest BCUT2D eigenvalue weighted by atomic mass is 9.82. The number of ketones is 1. The van der Waals surface area contributed by atoms with Crippen LogP contribution >= 0.6 is 0 Å². The van der Waals surface area contributed by atoms with E-state index in [0.717, 1.165) is 19.3 Å². The van der Waals surface area contributed by atoms with Gasteiger partial charge in [0.25, 0.3) is 0 Å². The molecule has 1 saturated carbocycles. The molecule has 0 amide bonds. The molecule has 1 aliphatic carbocycles. The van der Waals surface area contributed by atoms with Crippen molar-refractivity contribution in [1.82, 2.24) is 0 Å². The van der Waals surface area contributed by atoms with Crippen molar-refractivity contribution in [3.05, 3.63) is 12.2 Å². The minimum Gasteiger partial charge on any atom is -0.362 e. The summed E-state index contributed by atoms with van der Waals surface area (Å²) in [4.78, 5) is 11.9. The molecule has 4 unspecified atom stereocenters. The van der Waals surface area contributed by atoms with Crippen molar-refractivity contribution in [3.63, 3.8) is 0 Å². The van der Waals surface area contributed by atoms with Gasteiger partial charge in [0, 0.05) is 5.92 Å². The summed E-state index contributed by atoms with van der Waals surface area (Å²) >= 11 is 0. The van der Waals surface area contributed by atoms with Crippen LogP contribution < -0.4 is 0 Å². The Hall–Kier alpha value is -0.630. The average Bonchev–Trinajstić information content (AvgIpc) is 2.60. The molecule has 0 aromatic carbocycles. The van der Waals surface area contributed by atoms with E-state index in [9.17, 15) is 4.79 Å². The molecular formula is C11H14O2. The van der Waals surface area contributed by atoms with Crippen LogP contribution in [0.25, 0.3) is 0 Å². The fourth-order valence-corrected chi connectivity index (χ4v) is 3.15. The monoisotopic (exact) mass is 178 g/mol. The molecule has 2 heteroatoms. The predicted molar refractivity (Wildman–Crippen MR) is 48.3 cm³/mol. The standard InChI is InChI=1S/C11H14O2/c1-2-11-6-5-9(13-11)7-3-4-8(11)10(7)12/h5-9H,2-4H2,1H3. The normalized spacial score (nSPS) is 51.8. The van der Waals surface area contributed by atoms with Crippen molar-refractivity contribution in [3.8, 4) is 0 Å². The van der Waals surface area contributed by atoms with E-state index >= 15 is 0 Å². The summed E-state index contributed by atoms with van der Waals surface area (Å²) < 4.78 is 5.96. The van der Waals surface area contributed by atoms with Gasteiger partial charge in [0.1, 0.15) is 5.78 Å². The van der Waals surface area contributed by atoms with Crippen LogP contribution in [0.3, 0.4) is 0 Å². The molecule has 13 heavy (non-hydrogen) atoms. The molecule has 3 aliphatic rings. The van der Waals surface area contributed by atoms with Gasteiger partial charge >= 0.3 is 0 Å². The smallest absolute Gasteiger partial charge is 0.145 e. The minimum absolute atomic E-state index is 0.103. The Labute approximate surface area is 78.0 Å². The third kappa shape index (κ3) is 0.755. The van der Waals surface area contributed by atoms with E-state index in [2.05, 4.69) is 19.1 Å². The Kier molecular flexibility index (Phi) is 1.33. The lowest BCUT2D eigenvalue weighted by molar-refractivity contribution is -0.152. The topological polar surface area (TPSA) is 26.3 Å². The minimum atomic E-state index is -0.214. The molecule has 4 atom stereocenters. The van der Waals surface area contributed by atoms with Crippen molar-refractivity contribution in [2.45, 2.75) is 37.9 Å². The van der Waals surface area contributed by atoms with Crippen molar-refractivity contribution < 1.29 is 9.53 Å². The van der Waals surface area contributed by atoms with Gasteiger partial charge in [0.05, 0.1) is 17.6 Å². The van der Waals surface area contributed by atoms with E-state index in [1.807, 2.05) is 0 Å². The van der Waals surface area contributed by atoms with E-state index in [1.165, 1.54) is 0 Å². The van der Waals surface area contributed by atoms with E-state index in [4.69, 9.17) is 4.74 Å². The highest BCUT2D eigenvalue weighted by Crippen LogP contribution is 2.51. The van der Waals surface area contributed by atoms with Gasteiger partial charge in [0.2, 0.25) is 0 Å². The molecule has 0 aromatic rings. The first kappa shape index (κ1) is 7.74. The number of carbonyl (C=O) groups is 1. The zero-order valence-corrected chi connectivity index (χ0v) is 7.82. The summed E-state index contributed by atoms with van der Waals surface area (Å²) in [6.07, 6.45) is 7.36. The molecule has 2 aliphatic heterocycles. The Morgan fingerprint density at radius 2 is 2.46 bits per heavy atom. The van der Waals surface area contributed by atoms with Crippen LogP contribution in [-0.4, -0.2) is 17.5 Å². The molecule has 70 valence electrons. The lowest BCUT2D eigenvalue weighted by Crippen LogP contribution is -2.47. The highest BCUT2D eigenvalue weighted by atomic mass is 16.5. The molecule has 2 nitrogen and oxygen atoms in total. The van der Waals surface area contributed by atoms with Crippen LogP contribution in [0.1, 0.15) is 26.2 Å². The summed E-state index contributed by atoms with van der Waals surface area (Å²) in [5.41, 5.74) is -0.214. The summed E-state index contributed by atoms with van der Waals surface area (Å²) in [5, 5.41) is 0. The van der Waals surface area contributed by atoms with E-state index in [-0.39, 0.29) is 23.5 Å². The van der Waals surface area contributed by atoms with E-state index in [0.29, 0.717) is 5.78 Å². The fraction of sp³-hybridized carbons (Fsp3) is 0.727. The van der Waals surface area contributed by atoms with Crippen LogP contribution in [0.4, 0.5) is 0 Å². The SMILES string of the molecule is CCC12C=CC(O1)C1CCC2C1=O. The molecule has 2 heterocycles.